The Morgan fingerprint density at radius 3 is 2.32 bits per heavy atom. The molecule has 0 fully saturated rings. The largest absolute Gasteiger partial charge is 0.509 e. The molecule has 0 radical (unpaired) electrons. The van der Waals surface area contributed by atoms with Crippen LogP contribution in [0.5, 0.6) is 0 Å². The average Bonchev–Trinajstić information content (AvgIpc) is 2.80. The highest BCUT2D eigenvalue weighted by Gasteiger charge is 2.32. The minimum atomic E-state index is -1.81. The van der Waals surface area contributed by atoms with Crippen LogP contribution in [0.25, 0.3) is 6.08 Å². The van der Waals surface area contributed by atoms with E-state index in [1.54, 1.807) is 6.07 Å². The zero-order chi connectivity index (χ0) is 14.6. The first-order valence-electron chi connectivity index (χ1n) is 5.67. The number of hydrogen-bond donors (Lipinski definition) is 6. The van der Waals surface area contributed by atoms with Gasteiger partial charge in [0, 0.05) is 9.75 Å². The highest BCUT2D eigenvalue weighted by Crippen LogP contribution is 2.20. The quantitative estimate of drug-likeness (QED) is 0.389. The van der Waals surface area contributed by atoms with Crippen molar-refractivity contribution in [2.75, 3.05) is 6.61 Å². The molecule has 0 bridgehead atoms. The lowest BCUT2D eigenvalue weighted by molar-refractivity contribution is -0.112. The number of hydrogen-bond acceptors (Lipinski definition) is 7. The van der Waals surface area contributed by atoms with E-state index >= 15 is 0 Å². The standard InChI is InChI=1S/C12H18O6S/c1-6-2-3-7(19-6)4-8(14)10(16)12(18)11(17)9(15)5-13/h2-4,9-18H,5H2,1H3/t9-,10+,11-,12-/m1/s1. The first kappa shape index (κ1) is 16.1. The van der Waals surface area contributed by atoms with Gasteiger partial charge in [-0.1, -0.05) is 0 Å². The Hall–Kier alpha value is -0.960. The van der Waals surface area contributed by atoms with Crippen molar-refractivity contribution in [2.24, 2.45) is 0 Å². The fourth-order valence-electron chi connectivity index (χ4n) is 1.46. The Morgan fingerprint density at radius 1 is 1.21 bits per heavy atom. The Morgan fingerprint density at radius 2 is 1.84 bits per heavy atom. The van der Waals surface area contributed by atoms with E-state index in [9.17, 15) is 20.4 Å². The molecule has 0 aliphatic carbocycles. The minimum Gasteiger partial charge on any atom is -0.509 e. The van der Waals surface area contributed by atoms with Gasteiger partial charge in [-0.2, -0.15) is 0 Å². The van der Waals surface area contributed by atoms with Gasteiger partial charge >= 0.3 is 0 Å². The van der Waals surface area contributed by atoms with Crippen molar-refractivity contribution in [3.05, 3.63) is 27.6 Å². The monoisotopic (exact) mass is 290 g/mol. The van der Waals surface area contributed by atoms with Crippen molar-refractivity contribution in [3.8, 4) is 0 Å². The number of aliphatic hydroxyl groups is 6. The zero-order valence-electron chi connectivity index (χ0n) is 10.3. The number of rotatable bonds is 6. The van der Waals surface area contributed by atoms with Gasteiger partial charge in [-0.25, -0.2) is 0 Å². The molecule has 108 valence electrons. The van der Waals surface area contributed by atoms with Crippen molar-refractivity contribution in [2.45, 2.75) is 31.3 Å². The fraction of sp³-hybridized carbons (Fsp3) is 0.500. The Labute approximate surface area is 114 Å². The Kier molecular flexibility index (Phi) is 5.92. The second-order valence-electron chi connectivity index (χ2n) is 4.19. The normalized spacial score (nSPS) is 18.9. The molecule has 1 heterocycles. The van der Waals surface area contributed by atoms with E-state index in [0.717, 1.165) is 4.88 Å². The maximum atomic E-state index is 9.66. The van der Waals surface area contributed by atoms with Crippen LogP contribution in [0.4, 0.5) is 0 Å². The minimum absolute atomic E-state index is 0.529. The van der Waals surface area contributed by atoms with Crippen molar-refractivity contribution in [1.29, 1.82) is 0 Å². The molecule has 0 unspecified atom stereocenters. The first-order valence-corrected chi connectivity index (χ1v) is 6.48. The molecule has 19 heavy (non-hydrogen) atoms. The molecule has 0 saturated carbocycles. The summed E-state index contributed by atoms with van der Waals surface area (Å²) in [4.78, 5) is 1.70. The summed E-state index contributed by atoms with van der Waals surface area (Å²) in [5.74, 6) is -0.529. The van der Waals surface area contributed by atoms with Gasteiger partial charge in [0.2, 0.25) is 0 Å². The molecule has 0 amide bonds. The second-order valence-corrected chi connectivity index (χ2v) is 5.51. The Balaban J connectivity index is 2.75. The maximum absolute atomic E-state index is 9.66. The third kappa shape index (κ3) is 4.27. The summed E-state index contributed by atoms with van der Waals surface area (Å²) in [7, 11) is 0. The van der Waals surface area contributed by atoms with Crippen LogP contribution in [0.1, 0.15) is 9.75 Å². The van der Waals surface area contributed by atoms with Crippen LogP contribution in [0.15, 0.2) is 17.9 Å². The summed E-state index contributed by atoms with van der Waals surface area (Å²) in [6, 6.07) is 3.56. The van der Waals surface area contributed by atoms with Gasteiger partial charge in [-0.3, -0.25) is 0 Å². The predicted octanol–water partition coefficient (Wildman–Crippen LogP) is -0.609. The summed E-state index contributed by atoms with van der Waals surface area (Å²) in [6.45, 7) is 1.12. The van der Waals surface area contributed by atoms with Crippen molar-refractivity contribution in [3.63, 3.8) is 0 Å². The van der Waals surface area contributed by atoms with Crippen LogP contribution in [-0.4, -0.2) is 61.7 Å². The van der Waals surface area contributed by atoms with Gasteiger partial charge in [-0.15, -0.1) is 11.3 Å². The molecule has 1 rings (SSSR count). The molecular formula is C12H18O6S. The van der Waals surface area contributed by atoms with Crippen LogP contribution in [-0.2, 0) is 0 Å². The van der Waals surface area contributed by atoms with Gasteiger partial charge in [0.25, 0.3) is 0 Å². The Bertz CT molecular complexity index is 430. The number of thiophene rings is 1. The van der Waals surface area contributed by atoms with E-state index in [2.05, 4.69) is 0 Å². The van der Waals surface area contributed by atoms with Crippen LogP contribution >= 0.6 is 11.3 Å². The van der Waals surface area contributed by atoms with Crippen molar-refractivity contribution in [1.82, 2.24) is 0 Å². The van der Waals surface area contributed by atoms with E-state index < -0.39 is 36.8 Å². The highest BCUT2D eigenvalue weighted by molar-refractivity contribution is 7.12. The average molecular weight is 290 g/mol. The molecule has 6 N–H and O–H groups in total. The van der Waals surface area contributed by atoms with Gasteiger partial charge in [0.15, 0.2) is 0 Å². The molecule has 1 aromatic rings. The molecular weight excluding hydrogens is 272 g/mol. The molecule has 4 atom stereocenters. The topological polar surface area (TPSA) is 121 Å². The molecule has 1 aromatic heterocycles. The summed E-state index contributed by atoms with van der Waals surface area (Å²) >= 11 is 1.38. The van der Waals surface area contributed by atoms with Crippen LogP contribution in [0, 0.1) is 6.92 Å². The van der Waals surface area contributed by atoms with Crippen LogP contribution < -0.4 is 0 Å². The molecule has 0 aliphatic heterocycles. The lowest BCUT2D eigenvalue weighted by Crippen LogP contribution is -2.46. The van der Waals surface area contributed by atoms with Crippen molar-refractivity contribution < 1.29 is 30.6 Å². The molecule has 0 aromatic carbocycles. The van der Waals surface area contributed by atoms with Gasteiger partial charge in [0.05, 0.1) is 6.61 Å². The fourth-order valence-corrected chi connectivity index (χ4v) is 2.28. The maximum Gasteiger partial charge on any atom is 0.139 e. The third-order valence-electron chi connectivity index (χ3n) is 2.61. The molecule has 0 aliphatic rings. The lowest BCUT2D eigenvalue weighted by Gasteiger charge is -2.25. The van der Waals surface area contributed by atoms with E-state index in [1.807, 2.05) is 13.0 Å². The summed E-state index contributed by atoms with van der Waals surface area (Å²) in [5.41, 5.74) is 0. The first-order chi connectivity index (χ1) is 8.86. The summed E-state index contributed by atoms with van der Waals surface area (Å²) < 4.78 is 0. The van der Waals surface area contributed by atoms with E-state index in [-0.39, 0.29) is 0 Å². The third-order valence-corrected chi connectivity index (χ3v) is 3.56. The zero-order valence-corrected chi connectivity index (χ0v) is 11.2. The van der Waals surface area contributed by atoms with Crippen LogP contribution in [0.2, 0.25) is 0 Å². The second kappa shape index (κ2) is 6.99. The smallest absolute Gasteiger partial charge is 0.139 e. The van der Waals surface area contributed by atoms with E-state index in [1.165, 1.54) is 17.4 Å². The van der Waals surface area contributed by atoms with E-state index in [4.69, 9.17) is 10.2 Å². The predicted molar refractivity (Wildman–Crippen MR) is 70.8 cm³/mol. The van der Waals surface area contributed by atoms with Crippen molar-refractivity contribution >= 4 is 17.4 Å². The molecule has 6 nitrogen and oxygen atoms in total. The molecule has 7 heteroatoms. The van der Waals surface area contributed by atoms with Gasteiger partial charge in [-0.05, 0) is 25.1 Å². The number of aryl methyl sites for hydroxylation is 1. The highest BCUT2D eigenvalue weighted by atomic mass is 32.1. The molecule has 0 spiro atoms. The molecule has 0 saturated heterocycles. The van der Waals surface area contributed by atoms with Gasteiger partial charge < -0.3 is 30.6 Å². The lowest BCUT2D eigenvalue weighted by atomic mass is 10.0. The van der Waals surface area contributed by atoms with E-state index in [0.29, 0.717) is 4.88 Å². The summed E-state index contributed by atoms with van der Waals surface area (Å²) in [5, 5.41) is 56.1. The summed E-state index contributed by atoms with van der Waals surface area (Å²) in [6.07, 6.45) is -5.65. The number of aliphatic hydroxyl groups excluding tert-OH is 6. The van der Waals surface area contributed by atoms with Gasteiger partial charge in [0.1, 0.15) is 30.2 Å². The SMILES string of the molecule is Cc1ccc(C=C(O)[C@H](O)[C@@H](O)[C@H](O)[C@H](O)CO)s1. The van der Waals surface area contributed by atoms with Crippen LogP contribution in [0.3, 0.4) is 0 Å².